The molecule has 0 aliphatic heterocycles. The zero-order chi connectivity index (χ0) is 11.1. The molecule has 0 atom stereocenters. The maximum absolute atomic E-state index is 6.06. The molecule has 0 aliphatic carbocycles. The number of hydrogen-bond donors (Lipinski definition) is 1. The number of nitrogens with zero attached hydrogens (tertiary/aromatic N) is 1. The van der Waals surface area contributed by atoms with Crippen molar-refractivity contribution < 1.29 is 4.42 Å². The van der Waals surface area contributed by atoms with Crippen LogP contribution in [0.2, 0.25) is 0 Å². The third-order valence-electron chi connectivity index (χ3n) is 2.11. The highest BCUT2D eigenvalue weighted by atomic mass is 32.1. The molecule has 3 nitrogen and oxygen atoms in total. The van der Waals surface area contributed by atoms with Crippen LogP contribution in [0, 0.1) is 6.92 Å². The average Bonchev–Trinajstić information content (AvgIpc) is 2.68. The molecule has 15 heavy (non-hydrogen) atoms. The summed E-state index contributed by atoms with van der Waals surface area (Å²) in [5.41, 5.74) is 6.71. The number of furan rings is 1. The number of aromatic nitrogens is 1. The van der Waals surface area contributed by atoms with Crippen LogP contribution >= 0.6 is 11.3 Å². The van der Waals surface area contributed by atoms with Crippen LogP contribution in [0.1, 0.15) is 24.4 Å². The molecule has 0 aliphatic rings. The second kappa shape index (κ2) is 3.47. The molecule has 4 heteroatoms. The average molecular weight is 222 g/mol. The SMILES string of the molecule is Cc1nc(-c2ccco2)sc1C(C)(C)N. The van der Waals surface area contributed by atoms with Crippen molar-refractivity contribution in [3.05, 3.63) is 29.0 Å². The van der Waals surface area contributed by atoms with Gasteiger partial charge in [-0.05, 0) is 32.9 Å². The first kappa shape index (κ1) is 10.4. The number of aryl methyl sites for hydroxylation is 1. The maximum atomic E-state index is 6.06. The van der Waals surface area contributed by atoms with Gasteiger partial charge in [-0.25, -0.2) is 4.98 Å². The highest BCUT2D eigenvalue weighted by Gasteiger charge is 2.22. The van der Waals surface area contributed by atoms with Crippen LogP contribution in [0.5, 0.6) is 0 Å². The van der Waals surface area contributed by atoms with Crippen LogP contribution in [0.15, 0.2) is 22.8 Å². The predicted molar refractivity (Wildman–Crippen MR) is 61.8 cm³/mol. The van der Waals surface area contributed by atoms with Gasteiger partial charge in [0.25, 0.3) is 0 Å². The van der Waals surface area contributed by atoms with Gasteiger partial charge in [-0.3, -0.25) is 0 Å². The van der Waals surface area contributed by atoms with E-state index < -0.39 is 0 Å². The molecule has 0 radical (unpaired) electrons. The van der Waals surface area contributed by atoms with Crippen molar-refractivity contribution in [3.8, 4) is 10.8 Å². The van der Waals surface area contributed by atoms with E-state index in [2.05, 4.69) is 4.98 Å². The van der Waals surface area contributed by atoms with E-state index in [1.807, 2.05) is 32.9 Å². The lowest BCUT2D eigenvalue weighted by Gasteiger charge is -2.16. The van der Waals surface area contributed by atoms with Gasteiger partial charge in [-0.2, -0.15) is 0 Å². The lowest BCUT2D eigenvalue weighted by molar-refractivity contribution is 0.562. The molecule has 2 rings (SSSR count). The fourth-order valence-corrected chi connectivity index (χ4v) is 2.55. The van der Waals surface area contributed by atoms with Crippen molar-refractivity contribution in [2.75, 3.05) is 0 Å². The van der Waals surface area contributed by atoms with Crippen LogP contribution in [-0.2, 0) is 5.54 Å². The van der Waals surface area contributed by atoms with Gasteiger partial charge in [0.15, 0.2) is 10.8 Å². The summed E-state index contributed by atoms with van der Waals surface area (Å²) in [5, 5.41) is 0.894. The molecule has 0 bridgehead atoms. The van der Waals surface area contributed by atoms with Crippen LogP contribution < -0.4 is 5.73 Å². The molecule has 0 saturated carbocycles. The molecule has 2 N–H and O–H groups in total. The van der Waals surface area contributed by atoms with E-state index in [-0.39, 0.29) is 5.54 Å². The first-order valence-electron chi connectivity index (χ1n) is 4.79. The molecule has 0 fully saturated rings. The number of rotatable bonds is 2. The number of nitrogens with two attached hydrogens (primary N) is 1. The minimum atomic E-state index is -0.341. The van der Waals surface area contributed by atoms with Crippen molar-refractivity contribution in [2.24, 2.45) is 5.73 Å². The zero-order valence-electron chi connectivity index (χ0n) is 9.07. The molecule has 0 amide bonds. The van der Waals surface area contributed by atoms with Crippen LogP contribution in [0.3, 0.4) is 0 Å². The first-order chi connectivity index (χ1) is 6.98. The molecule has 80 valence electrons. The summed E-state index contributed by atoms with van der Waals surface area (Å²) >= 11 is 1.59. The lowest BCUT2D eigenvalue weighted by Crippen LogP contribution is -2.28. The Bertz CT molecular complexity index is 451. The third-order valence-corrected chi connectivity index (χ3v) is 3.63. The molecule has 2 aromatic rings. The van der Waals surface area contributed by atoms with Gasteiger partial charge in [-0.15, -0.1) is 11.3 Å². The quantitative estimate of drug-likeness (QED) is 0.850. The van der Waals surface area contributed by atoms with E-state index in [1.165, 1.54) is 0 Å². The first-order valence-corrected chi connectivity index (χ1v) is 5.61. The molecule has 0 saturated heterocycles. The summed E-state index contributed by atoms with van der Waals surface area (Å²) in [7, 11) is 0. The van der Waals surface area contributed by atoms with Gasteiger partial charge in [0.05, 0.1) is 12.0 Å². The fraction of sp³-hybridized carbons (Fsp3) is 0.364. The third kappa shape index (κ3) is 1.96. The van der Waals surface area contributed by atoms with Crippen LogP contribution in [0.4, 0.5) is 0 Å². The Morgan fingerprint density at radius 2 is 2.20 bits per heavy atom. The van der Waals surface area contributed by atoms with E-state index in [0.29, 0.717) is 0 Å². The van der Waals surface area contributed by atoms with E-state index in [9.17, 15) is 0 Å². The van der Waals surface area contributed by atoms with E-state index in [0.717, 1.165) is 21.3 Å². The summed E-state index contributed by atoms with van der Waals surface area (Å²) in [6.45, 7) is 5.95. The van der Waals surface area contributed by atoms with E-state index >= 15 is 0 Å². The molecular weight excluding hydrogens is 208 g/mol. The Hall–Kier alpha value is -1.13. The summed E-state index contributed by atoms with van der Waals surface area (Å²) in [4.78, 5) is 5.57. The Balaban J connectivity index is 2.47. The van der Waals surface area contributed by atoms with Crippen molar-refractivity contribution in [2.45, 2.75) is 26.3 Å². The topological polar surface area (TPSA) is 52.0 Å². The van der Waals surface area contributed by atoms with E-state index in [1.54, 1.807) is 17.6 Å². The van der Waals surface area contributed by atoms with E-state index in [4.69, 9.17) is 10.2 Å². The highest BCUT2D eigenvalue weighted by molar-refractivity contribution is 7.15. The number of thiazole rings is 1. The molecule has 0 aromatic carbocycles. The van der Waals surface area contributed by atoms with Crippen LogP contribution in [-0.4, -0.2) is 4.98 Å². The standard InChI is InChI=1S/C11H14N2OS/c1-7-9(11(2,3)12)15-10(13-7)8-5-4-6-14-8/h4-6H,12H2,1-3H3. The smallest absolute Gasteiger partial charge is 0.162 e. The second-order valence-electron chi connectivity index (χ2n) is 4.13. The maximum Gasteiger partial charge on any atom is 0.162 e. The summed E-state index contributed by atoms with van der Waals surface area (Å²) in [6.07, 6.45) is 1.65. The Labute approximate surface area is 92.9 Å². The lowest BCUT2D eigenvalue weighted by atomic mass is 10.0. The molecule has 2 heterocycles. The normalized spacial score (nSPS) is 12.0. The van der Waals surface area contributed by atoms with Gasteiger partial charge in [0.1, 0.15) is 0 Å². The molecule has 2 aromatic heterocycles. The fourth-order valence-electron chi connectivity index (χ4n) is 1.50. The van der Waals surface area contributed by atoms with Crippen molar-refractivity contribution in [1.29, 1.82) is 0 Å². The van der Waals surface area contributed by atoms with Gasteiger partial charge < -0.3 is 10.2 Å². The van der Waals surface area contributed by atoms with Crippen molar-refractivity contribution >= 4 is 11.3 Å². The molecule has 0 unspecified atom stereocenters. The Kier molecular flexibility index (Phi) is 2.40. The summed E-state index contributed by atoms with van der Waals surface area (Å²) in [5.74, 6) is 0.804. The molecule has 0 spiro atoms. The summed E-state index contributed by atoms with van der Waals surface area (Å²) < 4.78 is 5.31. The highest BCUT2D eigenvalue weighted by Crippen LogP contribution is 2.33. The summed E-state index contributed by atoms with van der Waals surface area (Å²) in [6, 6.07) is 3.77. The Morgan fingerprint density at radius 1 is 1.47 bits per heavy atom. The predicted octanol–water partition coefficient (Wildman–Crippen LogP) is 2.91. The second-order valence-corrected chi connectivity index (χ2v) is 5.13. The van der Waals surface area contributed by atoms with Gasteiger partial charge in [0, 0.05) is 10.4 Å². The number of hydrogen-bond acceptors (Lipinski definition) is 4. The monoisotopic (exact) mass is 222 g/mol. The minimum absolute atomic E-state index is 0.341. The zero-order valence-corrected chi connectivity index (χ0v) is 9.89. The van der Waals surface area contributed by atoms with Crippen molar-refractivity contribution in [3.63, 3.8) is 0 Å². The van der Waals surface area contributed by atoms with Crippen LogP contribution in [0.25, 0.3) is 10.8 Å². The Morgan fingerprint density at radius 3 is 2.67 bits per heavy atom. The molecular formula is C11H14N2OS. The van der Waals surface area contributed by atoms with Gasteiger partial charge in [0.2, 0.25) is 0 Å². The van der Waals surface area contributed by atoms with Gasteiger partial charge in [-0.1, -0.05) is 0 Å². The van der Waals surface area contributed by atoms with Gasteiger partial charge >= 0.3 is 0 Å². The van der Waals surface area contributed by atoms with Crippen molar-refractivity contribution in [1.82, 2.24) is 4.98 Å². The minimum Gasteiger partial charge on any atom is -0.462 e. The largest absolute Gasteiger partial charge is 0.462 e.